The van der Waals surface area contributed by atoms with Crippen LogP contribution in [0.4, 0.5) is 0 Å². The van der Waals surface area contributed by atoms with Crippen LogP contribution in [-0.2, 0) is 71.3 Å². The summed E-state index contributed by atoms with van der Waals surface area (Å²) < 4.78 is 67.7. The Balaban J connectivity index is 1.06. The zero-order chi connectivity index (χ0) is 66.4. The van der Waals surface area contributed by atoms with Crippen molar-refractivity contribution >= 4 is 23.9 Å². The third kappa shape index (κ3) is 11.9. The van der Waals surface area contributed by atoms with Gasteiger partial charge in [-0.15, -0.1) is 0 Å². The molecule has 4 heterocycles. The van der Waals surface area contributed by atoms with Crippen molar-refractivity contribution in [2.45, 2.75) is 262 Å². The molecule has 0 amide bonds. The predicted octanol–water partition coefficient (Wildman–Crippen LogP) is -1.26. The van der Waals surface area contributed by atoms with Crippen LogP contribution in [0.5, 0.6) is 0 Å². The van der Waals surface area contributed by atoms with E-state index in [9.17, 15) is 85.6 Å². The Kier molecular flexibility index (Phi) is 20.7. The highest BCUT2D eigenvalue weighted by atomic mass is 16.8. The van der Waals surface area contributed by atoms with Crippen LogP contribution in [0, 0.1) is 50.2 Å². The summed E-state index contributed by atoms with van der Waals surface area (Å²) in [5.74, 6) is -4.39. The number of rotatable bonds is 16. The van der Waals surface area contributed by atoms with Crippen LogP contribution in [0.3, 0.4) is 0 Å². The minimum atomic E-state index is -2.26. The van der Waals surface area contributed by atoms with E-state index < -0.39 is 230 Å². The molecule has 0 spiro atoms. The topological polar surface area (TPSA) is 433 Å². The number of carboxylic acids is 1. The molecule has 0 aromatic rings. The average Bonchev–Trinajstić information content (AvgIpc) is 0.669. The second-order valence-corrected chi connectivity index (χ2v) is 28.6. The molecule has 13 N–H and O–H groups in total. The summed E-state index contributed by atoms with van der Waals surface area (Å²) in [7, 11) is 0. The Morgan fingerprint density at radius 2 is 1.18 bits per heavy atom. The fourth-order valence-corrected chi connectivity index (χ4v) is 17.7. The fraction of sp³-hybridized carbons (Fsp3) is 0.871. The molecule has 0 bridgehead atoms. The zero-order valence-electron chi connectivity index (χ0n) is 52.9. The van der Waals surface area contributed by atoms with Gasteiger partial charge >= 0.3 is 23.9 Å². The number of carbonyl (C=O) groups excluding carboxylic acids is 3. The predicted molar refractivity (Wildman–Crippen MR) is 304 cm³/mol. The maximum absolute atomic E-state index is 13.6. The number of aliphatic carboxylic acids is 1. The van der Waals surface area contributed by atoms with Crippen molar-refractivity contribution < 1.29 is 138 Å². The molecule has 0 unspecified atom stereocenters. The summed E-state index contributed by atoms with van der Waals surface area (Å²) >= 11 is 0. The van der Waals surface area contributed by atoms with Gasteiger partial charge in [0.15, 0.2) is 37.4 Å². The van der Waals surface area contributed by atoms with Crippen molar-refractivity contribution in [3.8, 4) is 0 Å². The van der Waals surface area contributed by atoms with Gasteiger partial charge in [0.2, 0.25) is 0 Å². The lowest BCUT2D eigenvalue weighted by Gasteiger charge is -2.72. The van der Waals surface area contributed by atoms with Crippen LogP contribution in [0.25, 0.3) is 0 Å². The number of hydrogen-bond donors (Lipinski definition) is 13. The van der Waals surface area contributed by atoms with Crippen LogP contribution in [0.15, 0.2) is 23.3 Å². The van der Waals surface area contributed by atoms with Crippen LogP contribution in [0.2, 0.25) is 0 Å². The van der Waals surface area contributed by atoms with Gasteiger partial charge in [-0.1, -0.05) is 66.2 Å². The number of aliphatic hydroxyl groups is 12. The van der Waals surface area contributed by atoms with Crippen LogP contribution < -0.4 is 0 Å². The number of aliphatic hydroxyl groups excluding tert-OH is 12. The molecule has 5 aliphatic carbocycles. The smallest absolute Gasteiger partial charge is 0.335 e. The van der Waals surface area contributed by atoms with Gasteiger partial charge in [0, 0.05) is 24.8 Å². The number of hydrogen-bond acceptors (Lipinski definition) is 27. The average molecular weight is 1290 g/mol. The third-order valence-corrected chi connectivity index (χ3v) is 22.9. The summed E-state index contributed by atoms with van der Waals surface area (Å²) in [4.78, 5) is 53.5. The number of esters is 3. The molecule has 4 aliphatic heterocycles. The van der Waals surface area contributed by atoms with Gasteiger partial charge in [0.25, 0.3) is 0 Å². The summed E-state index contributed by atoms with van der Waals surface area (Å²) in [6, 6.07) is 0. The van der Waals surface area contributed by atoms with Crippen molar-refractivity contribution in [2.24, 2.45) is 50.2 Å². The van der Waals surface area contributed by atoms with Crippen LogP contribution >= 0.6 is 0 Å². The molecule has 90 heavy (non-hydrogen) atoms. The molecule has 0 radical (unpaired) electrons. The van der Waals surface area contributed by atoms with Gasteiger partial charge in [0.1, 0.15) is 97.7 Å². The standard InChI is InChI=1S/C62H96O28/c1-12-25(2)52(79)90-49-50(82-27(4)67)62(24-65)29(19-57(49,5)6)28-13-14-34-59(9)17-16-35(58(7,8)33(59)15-18-60(34,10)61(28,11)20-36(62)81-26(3)66)85-56-48(89-54-43(75)41(73)39(71)32(22-64)84-54)45(44(76)46(87-56)51(77)78)86-55-47(37(69)30(68)23-80-55)88-53-42(74)40(72)38(70)31(21-63)83-53/h12-13,29-50,53-56,63-65,68-76H,14-24H2,1-11H3,(H,77,78)/t29-,30-,31+,32+,33-,34+,35-,36+,37-,38+,39-,40-,41-,42+,43+,44-,45-,46-,47+,48+,49-,50-,53-,54-,55-,56+,59-,60+,61+,62-/m0/s1. The first-order valence-corrected chi connectivity index (χ1v) is 31.3. The van der Waals surface area contributed by atoms with Crippen molar-refractivity contribution in [2.75, 3.05) is 26.4 Å². The molecular weight excluding hydrogens is 1190 g/mol. The molecule has 9 rings (SSSR count). The van der Waals surface area contributed by atoms with Gasteiger partial charge in [-0.25, -0.2) is 9.59 Å². The molecule has 28 heteroatoms. The quantitative estimate of drug-likeness (QED) is 0.0282. The lowest BCUT2D eigenvalue weighted by Crippen LogP contribution is -2.73. The SMILES string of the molecule is CC=C(C)C(=O)O[C@H]1[C@H](OC(C)=O)[C@]2(CO)[C@H](OC(C)=O)C[C@]3(C)C(=CC[C@@H]4[C@@]5(C)CC[C@H](O[C@@H]6O[C@H](C(=O)O)[C@@H](O)[C@H](O[C@@H]7OC[C@H](O)[C@H](O)[C@H]7O[C@@H]7O[C@H](CO)[C@@H](O)[C@H](O)[C@H]7O)[C@H]6O[C@@H]6O[C@H](CO)[C@H](O)[C@H](O)[C@H]6O)C(C)(C)[C@@H]5CC[C@]43C)[C@@H]2CC1(C)C. The first-order valence-electron chi connectivity index (χ1n) is 31.3. The second-order valence-electron chi connectivity index (χ2n) is 28.6. The number of carboxylic acid groups (broad SMARTS) is 1. The van der Waals surface area contributed by atoms with Crippen LogP contribution in [-0.4, -0.2) is 258 Å². The van der Waals surface area contributed by atoms with E-state index in [1.54, 1.807) is 19.9 Å². The zero-order valence-corrected chi connectivity index (χ0v) is 52.9. The van der Waals surface area contributed by atoms with Crippen molar-refractivity contribution in [3.63, 3.8) is 0 Å². The molecule has 30 atom stereocenters. The highest BCUT2D eigenvalue weighted by Crippen LogP contribution is 2.76. The van der Waals surface area contributed by atoms with E-state index in [4.69, 9.17) is 52.1 Å². The maximum atomic E-state index is 13.6. The van der Waals surface area contributed by atoms with Crippen molar-refractivity contribution in [3.05, 3.63) is 23.3 Å². The number of carbonyl (C=O) groups is 4. The lowest BCUT2D eigenvalue weighted by molar-refractivity contribution is -0.401. The minimum Gasteiger partial charge on any atom is -0.479 e. The van der Waals surface area contributed by atoms with E-state index in [1.807, 2.05) is 27.7 Å². The van der Waals surface area contributed by atoms with Gasteiger partial charge in [0.05, 0.1) is 37.9 Å². The van der Waals surface area contributed by atoms with Crippen LogP contribution in [0.1, 0.15) is 121 Å². The highest BCUT2D eigenvalue weighted by molar-refractivity contribution is 5.87. The minimum absolute atomic E-state index is 0.0595. The van der Waals surface area contributed by atoms with E-state index >= 15 is 0 Å². The number of ether oxygens (including phenoxy) is 11. The van der Waals surface area contributed by atoms with Gasteiger partial charge < -0.3 is 118 Å². The summed E-state index contributed by atoms with van der Waals surface area (Å²) in [6.07, 6.45) is -33.8. The van der Waals surface area contributed by atoms with Crippen molar-refractivity contribution in [1.29, 1.82) is 0 Å². The second kappa shape index (κ2) is 26.3. The molecule has 28 nitrogen and oxygen atoms in total. The molecular formula is C62H96O28. The highest BCUT2D eigenvalue weighted by Gasteiger charge is 2.75. The Hall–Kier alpha value is -3.44. The van der Waals surface area contributed by atoms with Crippen molar-refractivity contribution in [1.82, 2.24) is 0 Å². The number of allylic oxidation sites excluding steroid dienone is 3. The Morgan fingerprint density at radius 1 is 0.600 bits per heavy atom. The molecule has 0 aromatic heterocycles. The molecule has 512 valence electrons. The molecule has 4 saturated carbocycles. The summed E-state index contributed by atoms with van der Waals surface area (Å²) in [5.41, 5.74) is -3.50. The summed E-state index contributed by atoms with van der Waals surface area (Å²) in [6.45, 7) is 17.4. The largest absolute Gasteiger partial charge is 0.479 e. The monoisotopic (exact) mass is 1290 g/mol. The maximum Gasteiger partial charge on any atom is 0.335 e. The first kappa shape index (κ1) is 70.9. The van der Waals surface area contributed by atoms with E-state index in [-0.39, 0.29) is 18.3 Å². The van der Waals surface area contributed by atoms with Gasteiger partial charge in [-0.3, -0.25) is 9.59 Å². The molecule has 4 saturated heterocycles. The molecule has 8 fully saturated rings. The summed E-state index contributed by atoms with van der Waals surface area (Å²) in [5, 5.41) is 142. The van der Waals surface area contributed by atoms with E-state index in [1.165, 1.54) is 13.8 Å². The molecule has 0 aromatic carbocycles. The first-order chi connectivity index (χ1) is 42.0. The third-order valence-electron chi connectivity index (χ3n) is 22.9. The Labute approximate surface area is 522 Å². The van der Waals surface area contributed by atoms with Gasteiger partial charge in [-0.2, -0.15) is 0 Å². The number of fused-ring (bicyclic) bond motifs is 7. The van der Waals surface area contributed by atoms with E-state index in [2.05, 4.69) is 26.8 Å². The fourth-order valence-electron chi connectivity index (χ4n) is 17.7. The Bertz CT molecular complexity index is 2670. The lowest BCUT2D eigenvalue weighted by atomic mass is 9.33. The van der Waals surface area contributed by atoms with E-state index in [0.29, 0.717) is 44.1 Å². The normalized spacial score (nSPS) is 49.1. The molecule has 9 aliphatic rings. The Morgan fingerprint density at radius 3 is 1.72 bits per heavy atom. The van der Waals surface area contributed by atoms with E-state index in [0.717, 1.165) is 5.57 Å². The van der Waals surface area contributed by atoms with Gasteiger partial charge in [-0.05, 0) is 98.2 Å².